The minimum absolute atomic E-state index is 0.698. The second kappa shape index (κ2) is 4.36. The molecule has 4 atom stereocenters. The monoisotopic (exact) mass is 254 g/mol. The zero-order valence-corrected chi connectivity index (χ0v) is 12.2. The van der Waals surface area contributed by atoms with Crippen molar-refractivity contribution in [3.05, 3.63) is 35.5 Å². The van der Waals surface area contributed by atoms with E-state index in [1.165, 1.54) is 44.9 Å². The summed E-state index contributed by atoms with van der Waals surface area (Å²) in [5.74, 6) is 2.91. The molecule has 3 fully saturated rings. The van der Waals surface area contributed by atoms with Crippen molar-refractivity contribution in [2.45, 2.75) is 58.3 Å². The molecule has 19 heavy (non-hydrogen) atoms. The van der Waals surface area contributed by atoms with Gasteiger partial charge in [-0.05, 0) is 79.3 Å². The molecular weight excluding hydrogens is 228 g/mol. The Labute approximate surface area is 117 Å². The van der Waals surface area contributed by atoms with Gasteiger partial charge < -0.3 is 0 Å². The molecule has 0 saturated heterocycles. The maximum absolute atomic E-state index is 2.59. The van der Waals surface area contributed by atoms with E-state index in [9.17, 15) is 0 Å². The average Bonchev–Trinajstić information content (AvgIpc) is 2.66. The third kappa shape index (κ3) is 1.79. The van der Waals surface area contributed by atoms with Gasteiger partial charge in [0, 0.05) is 0 Å². The Kier molecular flexibility index (Phi) is 2.76. The van der Waals surface area contributed by atoms with Crippen LogP contribution in [0.15, 0.2) is 35.5 Å². The molecule has 0 heteroatoms. The van der Waals surface area contributed by atoms with Gasteiger partial charge >= 0.3 is 0 Å². The van der Waals surface area contributed by atoms with Gasteiger partial charge in [-0.15, -0.1) is 0 Å². The van der Waals surface area contributed by atoms with Crippen molar-refractivity contribution in [3.63, 3.8) is 0 Å². The SMILES string of the molecule is CC12CCC[C@@H]1[C@H]1CCC3=CCC=CC=C3[C@@H]1CC2. The lowest BCUT2D eigenvalue weighted by molar-refractivity contribution is 0.0440. The van der Waals surface area contributed by atoms with Crippen LogP contribution in [-0.4, -0.2) is 0 Å². The third-order valence-electron chi connectivity index (χ3n) is 6.65. The first-order chi connectivity index (χ1) is 9.28. The summed E-state index contributed by atoms with van der Waals surface area (Å²) in [5, 5.41) is 0. The van der Waals surface area contributed by atoms with Crippen molar-refractivity contribution in [1.29, 1.82) is 0 Å². The molecule has 1 unspecified atom stereocenters. The molecule has 4 aliphatic rings. The van der Waals surface area contributed by atoms with Crippen LogP contribution >= 0.6 is 0 Å². The molecule has 0 N–H and O–H groups in total. The smallest absolute Gasteiger partial charge is 0.0128 e. The Morgan fingerprint density at radius 3 is 3.05 bits per heavy atom. The van der Waals surface area contributed by atoms with Crippen molar-refractivity contribution < 1.29 is 0 Å². The summed E-state index contributed by atoms with van der Waals surface area (Å²) in [5.41, 5.74) is 4.11. The molecule has 0 radical (unpaired) electrons. The quantitative estimate of drug-likeness (QED) is 0.541. The summed E-state index contributed by atoms with van der Waals surface area (Å²) >= 11 is 0. The van der Waals surface area contributed by atoms with Gasteiger partial charge in [0.05, 0.1) is 0 Å². The number of hydrogen-bond acceptors (Lipinski definition) is 0. The van der Waals surface area contributed by atoms with Gasteiger partial charge in [0.25, 0.3) is 0 Å². The lowest BCUT2D eigenvalue weighted by Crippen LogP contribution is -2.41. The van der Waals surface area contributed by atoms with Crippen LogP contribution in [-0.2, 0) is 0 Å². The first-order valence-electron chi connectivity index (χ1n) is 8.34. The number of hydrogen-bond donors (Lipinski definition) is 0. The van der Waals surface area contributed by atoms with Crippen LogP contribution in [0.25, 0.3) is 0 Å². The van der Waals surface area contributed by atoms with Gasteiger partial charge in [0.2, 0.25) is 0 Å². The largest absolute Gasteiger partial charge is 0.0807 e. The number of fused-ring (bicyclic) bond motifs is 5. The van der Waals surface area contributed by atoms with E-state index in [0.717, 1.165) is 24.2 Å². The van der Waals surface area contributed by atoms with E-state index in [2.05, 4.69) is 31.2 Å². The van der Waals surface area contributed by atoms with Crippen LogP contribution < -0.4 is 0 Å². The van der Waals surface area contributed by atoms with Crippen LogP contribution in [0.2, 0.25) is 0 Å². The molecule has 4 aliphatic carbocycles. The highest BCUT2D eigenvalue weighted by Gasteiger charge is 2.50. The van der Waals surface area contributed by atoms with Crippen LogP contribution in [0.1, 0.15) is 58.3 Å². The Bertz CT molecular complexity index is 464. The fourth-order valence-electron chi connectivity index (χ4n) is 5.68. The number of allylic oxidation sites excluding steroid dienone is 6. The van der Waals surface area contributed by atoms with Gasteiger partial charge in [-0.2, -0.15) is 0 Å². The maximum Gasteiger partial charge on any atom is -0.0128 e. The zero-order valence-electron chi connectivity index (χ0n) is 12.2. The molecule has 0 aromatic heterocycles. The molecule has 4 rings (SSSR count). The molecule has 0 aliphatic heterocycles. The number of rotatable bonds is 0. The fraction of sp³-hybridized carbons (Fsp3) is 0.684. The van der Waals surface area contributed by atoms with E-state index in [-0.39, 0.29) is 0 Å². The van der Waals surface area contributed by atoms with E-state index in [1.807, 2.05) is 0 Å². The van der Waals surface area contributed by atoms with Crippen LogP contribution in [0.4, 0.5) is 0 Å². The van der Waals surface area contributed by atoms with Gasteiger partial charge in [-0.25, -0.2) is 0 Å². The van der Waals surface area contributed by atoms with E-state index >= 15 is 0 Å². The van der Waals surface area contributed by atoms with E-state index in [1.54, 1.807) is 11.1 Å². The Hall–Kier alpha value is -0.780. The van der Waals surface area contributed by atoms with Gasteiger partial charge in [-0.3, -0.25) is 0 Å². The third-order valence-corrected chi connectivity index (χ3v) is 6.65. The van der Waals surface area contributed by atoms with Crippen molar-refractivity contribution >= 4 is 0 Å². The van der Waals surface area contributed by atoms with Crippen molar-refractivity contribution in [2.75, 3.05) is 0 Å². The Morgan fingerprint density at radius 2 is 2.11 bits per heavy atom. The average molecular weight is 254 g/mol. The maximum atomic E-state index is 2.59. The lowest BCUT2D eigenvalue weighted by atomic mass is 9.55. The highest BCUT2D eigenvalue weighted by Crippen LogP contribution is 2.60. The summed E-state index contributed by atoms with van der Waals surface area (Å²) in [6.07, 6.45) is 21.0. The van der Waals surface area contributed by atoms with Crippen LogP contribution in [0.5, 0.6) is 0 Å². The minimum atomic E-state index is 0.698. The van der Waals surface area contributed by atoms with E-state index < -0.39 is 0 Å². The van der Waals surface area contributed by atoms with Gasteiger partial charge in [0.1, 0.15) is 0 Å². The van der Waals surface area contributed by atoms with E-state index in [0.29, 0.717) is 5.41 Å². The molecule has 0 spiro atoms. The van der Waals surface area contributed by atoms with Crippen LogP contribution in [0, 0.1) is 23.2 Å². The molecule has 0 aromatic carbocycles. The zero-order chi connectivity index (χ0) is 12.9. The summed E-state index contributed by atoms with van der Waals surface area (Å²) in [6, 6.07) is 0. The predicted octanol–water partition coefficient (Wildman–Crippen LogP) is 5.43. The fourth-order valence-corrected chi connectivity index (χ4v) is 5.68. The minimum Gasteiger partial charge on any atom is -0.0807 e. The summed E-state index contributed by atoms with van der Waals surface area (Å²) in [6.45, 7) is 2.59. The standard InChI is InChI=1S/C19H26/c1-19-12-5-8-18(19)17-10-9-14-6-3-2-4-7-15(14)16(17)11-13-19/h2,4,6-7,16-18H,3,5,8-13H2,1H3/t16-,17-,18+,19?/m0/s1. The second-order valence-corrected chi connectivity index (χ2v) is 7.52. The Balaban J connectivity index is 1.69. The lowest BCUT2D eigenvalue weighted by Gasteiger charge is -2.50. The molecule has 0 bridgehead atoms. The second-order valence-electron chi connectivity index (χ2n) is 7.52. The molecule has 102 valence electrons. The normalized spacial score (nSPS) is 44.6. The summed E-state index contributed by atoms with van der Waals surface area (Å²) in [4.78, 5) is 0. The first-order valence-corrected chi connectivity index (χ1v) is 8.34. The van der Waals surface area contributed by atoms with Crippen molar-refractivity contribution in [2.24, 2.45) is 23.2 Å². The van der Waals surface area contributed by atoms with Crippen molar-refractivity contribution in [1.82, 2.24) is 0 Å². The summed E-state index contributed by atoms with van der Waals surface area (Å²) < 4.78 is 0. The molecule has 0 amide bonds. The van der Waals surface area contributed by atoms with Gasteiger partial charge in [0.15, 0.2) is 0 Å². The predicted molar refractivity (Wildman–Crippen MR) is 80.8 cm³/mol. The molecule has 3 saturated carbocycles. The highest BCUT2D eigenvalue weighted by atomic mass is 14.5. The van der Waals surface area contributed by atoms with Gasteiger partial charge in [-0.1, -0.05) is 37.6 Å². The van der Waals surface area contributed by atoms with Crippen molar-refractivity contribution in [3.8, 4) is 0 Å². The highest BCUT2D eigenvalue weighted by molar-refractivity contribution is 5.41. The van der Waals surface area contributed by atoms with Crippen LogP contribution in [0.3, 0.4) is 0 Å². The first kappa shape index (κ1) is 12.0. The molecule has 0 heterocycles. The molecule has 0 aromatic rings. The molecule has 0 nitrogen and oxygen atoms in total. The molecular formula is C19H26. The van der Waals surface area contributed by atoms with E-state index in [4.69, 9.17) is 0 Å². The Morgan fingerprint density at radius 1 is 1.16 bits per heavy atom. The topological polar surface area (TPSA) is 0 Å². The summed E-state index contributed by atoms with van der Waals surface area (Å²) in [7, 11) is 0.